The SMILES string of the molecule is CN1Cc2cc(C#CC#CN)cn2C1=O. The van der Waals surface area contributed by atoms with Crippen LogP contribution in [0.4, 0.5) is 4.79 Å². The molecule has 1 aromatic heterocycles. The van der Waals surface area contributed by atoms with Crippen molar-refractivity contribution in [2.24, 2.45) is 5.73 Å². The van der Waals surface area contributed by atoms with Gasteiger partial charge in [-0.3, -0.25) is 4.57 Å². The molecule has 0 aromatic carbocycles. The molecule has 0 bridgehead atoms. The quantitative estimate of drug-likeness (QED) is 0.478. The topological polar surface area (TPSA) is 51.3 Å². The summed E-state index contributed by atoms with van der Waals surface area (Å²) in [7, 11) is 1.76. The summed E-state index contributed by atoms with van der Waals surface area (Å²) in [5, 5.41) is 0. The Hall–Kier alpha value is -2.33. The summed E-state index contributed by atoms with van der Waals surface area (Å²) in [5.41, 5.74) is 6.71. The lowest BCUT2D eigenvalue weighted by Gasteiger charge is -2.04. The van der Waals surface area contributed by atoms with E-state index in [0.717, 1.165) is 11.3 Å². The number of fused-ring (bicyclic) bond motifs is 1. The number of hydrogen-bond acceptors (Lipinski definition) is 2. The number of carbonyl (C=O) groups excluding carboxylic acids is 1. The summed E-state index contributed by atoms with van der Waals surface area (Å²) in [6.07, 6.45) is 1.71. The summed E-state index contributed by atoms with van der Waals surface area (Å²) >= 11 is 0. The first-order valence-electron chi connectivity index (χ1n) is 4.40. The molecule has 1 amide bonds. The Kier molecular flexibility index (Phi) is 2.11. The molecule has 2 rings (SSSR count). The zero-order valence-corrected chi connectivity index (χ0v) is 8.24. The van der Waals surface area contributed by atoms with E-state index in [0.29, 0.717) is 6.54 Å². The molecule has 4 heteroatoms. The molecule has 1 aliphatic rings. The Morgan fingerprint density at radius 1 is 1.47 bits per heavy atom. The highest BCUT2D eigenvalue weighted by molar-refractivity contribution is 5.80. The van der Waals surface area contributed by atoms with Gasteiger partial charge in [-0.1, -0.05) is 5.92 Å². The minimum atomic E-state index is -0.0250. The number of nitrogens with two attached hydrogens (primary N) is 1. The van der Waals surface area contributed by atoms with Crippen LogP contribution in [-0.2, 0) is 6.54 Å². The lowest BCUT2D eigenvalue weighted by atomic mass is 10.3. The molecule has 15 heavy (non-hydrogen) atoms. The highest BCUT2D eigenvalue weighted by Crippen LogP contribution is 2.17. The fourth-order valence-corrected chi connectivity index (χ4v) is 1.51. The van der Waals surface area contributed by atoms with Gasteiger partial charge in [0.2, 0.25) is 0 Å². The van der Waals surface area contributed by atoms with Crippen LogP contribution in [0.5, 0.6) is 0 Å². The van der Waals surface area contributed by atoms with Gasteiger partial charge in [-0.05, 0) is 12.0 Å². The second-order valence-electron chi connectivity index (χ2n) is 3.25. The number of rotatable bonds is 0. The van der Waals surface area contributed by atoms with Crippen LogP contribution >= 0.6 is 0 Å². The van der Waals surface area contributed by atoms with Crippen molar-refractivity contribution < 1.29 is 4.79 Å². The predicted octanol–water partition coefficient (Wildman–Crippen LogP) is 0.173. The van der Waals surface area contributed by atoms with Crippen molar-refractivity contribution in [2.75, 3.05) is 7.05 Å². The van der Waals surface area contributed by atoms with Crippen LogP contribution in [0.3, 0.4) is 0 Å². The number of aromatic nitrogens is 1. The third-order valence-corrected chi connectivity index (χ3v) is 2.17. The molecule has 0 saturated carbocycles. The third-order valence-electron chi connectivity index (χ3n) is 2.17. The predicted molar refractivity (Wildman–Crippen MR) is 55.5 cm³/mol. The van der Waals surface area contributed by atoms with E-state index in [9.17, 15) is 4.79 Å². The van der Waals surface area contributed by atoms with Crippen molar-refractivity contribution in [2.45, 2.75) is 6.54 Å². The molecule has 0 saturated heterocycles. The molecule has 1 aromatic rings. The molecule has 0 fully saturated rings. The van der Waals surface area contributed by atoms with Gasteiger partial charge < -0.3 is 10.6 Å². The Labute approximate surface area is 87.7 Å². The first-order valence-corrected chi connectivity index (χ1v) is 4.40. The Morgan fingerprint density at radius 3 is 2.93 bits per heavy atom. The highest BCUT2D eigenvalue weighted by atomic mass is 16.2. The molecular formula is C11H9N3O. The lowest BCUT2D eigenvalue weighted by Crippen LogP contribution is -2.20. The fourth-order valence-electron chi connectivity index (χ4n) is 1.51. The van der Waals surface area contributed by atoms with Gasteiger partial charge in [0.25, 0.3) is 0 Å². The monoisotopic (exact) mass is 199 g/mol. The van der Waals surface area contributed by atoms with Crippen LogP contribution < -0.4 is 5.73 Å². The Morgan fingerprint density at radius 2 is 2.27 bits per heavy atom. The third kappa shape index (κ3) is 1.53. The van der Waals surface area contributed by atoms with Crippen molar-refractivity contribution in [3.05, 3.63) is 23.5 Å². The number of amides is 1. The summed E-state index contributed by atoms with van der Waals surface area (Å²) in [5.74, 6) is 7.85. The van der Waals surface area contributed by atoms with Crippen molar-refractivity contribution in [3.63, 3.8) is 0 Å². The number of hydrogen-bond donors (Lipinski definition) is 1. The largest absolute Gasteiger partial charge is 0.359 e. The minimum Gasteiger partial charge on any atom is -0.359 e. The van der Waals surface area contributed by atoms with Gasteiger partial charge in [-0.15, -0.1) is 0 Å². The fraction of sp³-hybridized carbons (Fsp3) is 0.182. The minimum absolute atomic E-state index is 0.0250. The van der Waals surface area contributed by atoms with Crippen molar-refractivity contribution in [1.29, 1.82) is 0 Å². The molecule has 2 heterocycles. The second-order valence-corrected chi connectivity index (χ2v) is 3.25. The Bertz CT molecular complexity index is 534. The van der Waals surface area contributed by atoms with E-state index in [1.807, 2.05) is 6.07 Å². The standard InChI is InChI=1S/C11H9N3O/c1-13-8-10-6-9(4-2-3-5-12)7-14(10)11(13)15/h6-7H,8,12H2,1H3. The highest BCUT2D eigenvalue weighted by Gasteiger charge is 2.23. The molecular weight excluding hydrogens is 190 g/mol. The Balaban J connectivity index is 2.31. The van der Waals surface area contributed by atoms with Crippen molar-refractivity contribution in [1.82, 2.24) is 9.47 Å². The van der Waals surface area contributed by atoms with E-state index in [-0.39, 0.29) is 6.03 Å². The molecule has 0 radical (unpaired) electrons. The average molecular weight is 199 g/mol. The molecule has 2 N–H and O–H groups in total. The molecule has 0 aliphatic carbocycles. The van der Waals surface area contributed by atoms with Gasteiger partial charge in [-0.2, -0.15) is 0 Å². The van der Waals surface area contributed by atoms with E-state index in [4.69, 9.17) is 5.73 Å². The number of nitrogens with zero attached hydrogens (tertiary/aromatic N) is 2. The summed E-state index contributed by atoms with van der Waals surface area (Å²) in [4.78, 5) is 13.2. The maximum atomic E-state index is 11.5. The van der Waals surface area contributed by atoms with E-state index >= 15 is 0 Å². The first kappa shape index (κ1) is 9.23. The smallest absolute Gasteiger partial charge is 0.328 e. The van der Waals surface area contributed by atoms with Gasteiger partial charge >= 0.3 is 6.03 Å². The molecule has 74 valence electrons. The summed E-state index contributed by atoms with van der Waals surface area (Å²) < 4.78 is 1.60. The zero-order chi connectivity index (χ0) is 10.8. The molecule has 0 atom stereocenters. The van der Waals surface area contributed by atoms with E-state index < -0.39 is 0 Å². The van der Waals surface area contributed by atoms with Gasteiger partial charge in [0.05, 0.1) is 6.54 Å². The number of carbonyl (C=O) groups is 1. The molecule has 0 spiro atoms. The molecule has 1 aliphatic heterocycles. The van der Waals surface area contributed by atoms with Crippen LogP contribution in [0.15, 0.2) is 12.3 Å². The maximum absolute atomic E-state index is 11.5. The van der Waals surface area contributed by atoms with Gasteiger partial charge in [0, 0.05) is 36.5 Å². The van der Waals surface area contributed by atoms with Gasteiger partial charge in [0.1, 0.15) is 0 Å². The van der Waals surface area contributed by atoms with Crippen LogP contribution in [0, 0.1) is 23.8 Å². The summed E-state index contributed by atoms with van der Waals surface area (Å²) in [6.45, 7) is 0.628. The van der Waals surface area contributed by atoms with Crippen LogP contribution in [0.1, 0.15) is 11.3 Å². The van der Waals surface area contributed by atoms with Gasteiger partial charge in [-0.25, -0.2) is 4.79 Å². The van der Waals surface area contributed by atoms with Gasteiger partial charge in [0.15, 0.2) is 0 Å². The van der Waals surface area contributed by atoms with Crippen molar-refractivity contribution in [3.8, 4) is 23.8 Å². The molecule has 0 unspecified atom stereocenters. The van der Waals surface area contributed by atoms with Crippen molar-refractivity contribution >= 4 is 6.03 Å². The van der Waals surface area contributed by atoms with Crippen LogP contribution in [0.2, 0.25) is 0 Å². The average Bonchev–Trinajstić information content (AvgIpc) is 2.70. The van der Waals surface area contributed by atoms with E-state index in [1.165, 1.54) is 0 Å². The normalized spacial score (nSPS) is 12.6. The summed E-state index contributed by atoms with van der Waals surface area (Å²) in [6, 6.07) is 4.05. The lowest BCUT2D eigenvalue weighted by molar-refractivity contribution is 0.219. The van der Waals surface area contributed by atoms with Crippen LogP contribution in [0.25, 0.3) is 0 Å². The molecule has 4 nitrogen and oxygen atoms in total. The maximum Gasteiger partial charge on any atom is 0.328 e. The first-order chi connectivity index (χ1) is 7.22. The van der Waals surface area contributed by atoms with E-state index in [1.54, 1.807) is 22.7 Å². The van der Waals surface area contributed by atoms with E-state index in [2.05, 4.69) is 23.8 Å². The second kappa shape index (κ2) is 3.43. The van der Waals surface area contributed by atoms with Crippen LogP contribution in [-0.4, -0.2) is 22.5 Å². The zero-order valence-electron chi connectivity index (χ0n) is 8.24.